The molecule has 2 heterocycles. The maximum absolute atomic E-state index is 12.9. The van der Waals surface area contributed by atoms with E-state index in [0.717, 1.165) is 18.9 Å². The smallest absolute Gasteiger partial charge is 0.353 e. The molecule has 1 aliphatic heterocycles. The zero-order valence-corrected chi connectivity index (χ0v) is 15.8. The Balaban J connectivity index is 1.59. The number of halogens is 3. The van der Waals surface area contributed by atoms with Crippen molar-refractivity contribution in [3.8, 4) is 0 Å². The van der Waals surface area contributed by atoms with Gasteiger partial charge in [0.1, 0.15) is 11.5 Å². The van der Waals surface area contributed by atoms with Crippen molar-refractivity contribution < 1.29 is 18.0 Å². The van der Waals surface area contributed by atoms with Crippen LogP contribution in [0, 0.1) is 11.8 Å². The molecule has 2 atom stereocenters. The Kier molecular flexibility index (Phi) is 5.38. The van der Waals surface area contributed by atoms with Crippen LogP contribution in [0.5, 0.6) is 0 Å². The van der Waals surface area contributed by atoms with Gasteiger partial charge in [0.2, 0.25) is 5.91 Å². The van der Waals surface area contributed by atoms with Gasteiger partial charge in [0, 0.05) is 37.6 Å². The van der Waals surface area contributed by atoms with E-state index in [9.17, 15) is 18.0 Å². The molecule has 2 fully saturated rings. The number of rotatable bonds is 3. The zero-order chi connectivity index (χ0) is 19.8. The number of carbonyl (C=O) groups is 1. The van der Waals surface area contributed by atoms with Gasteiger partial charge in [-0.05, 0) is 37.3 Å². The van der Waals surface area contributed by atoms with Crippen LogP contribution in [0.1, 0.15) is 38.8 Å². The highest BCUT2D eigenvalue weighted by Gasteiger charge is 2.42. The van der Waals surface area contributed by atoms with Gasteiger partial charge in [0.15, 0.2) is 0 Å². The molecule has 0 radical (unpaired) electrons. The number of hydrogen-bond acceptors (Lipinski definition) is 4. The fourth-order valence-corrected chi connectivity index (χ4v) is 4.01. The monoisotopic (exact) mass is 384 g/mol. The van der Waals surface area contributed by atoms with Crippen LogP contribution in [0.4, 0.5) is 19.0 Å². The Morgan fingerprint density at radius 1 is 1.26 bits per heavy atom. The molecule has 0 unspecified atom stereocenters. The predicted molar refractivity (Wildman–Crippen MR) is 97.1 cm³/mol. The van der Waals surface area contributed by atoms with Gasteiger partial charge >= 0.3 is 6.18 Å². The molecule has 0 spiro atoms. The van der Waals surface area contributed by atoms with Crippen LogP contribution in [-0.2, 0) is 11.0 Å². The Labute approximate surface area is 157 Å². The van der Waals surface area contributed by atoms with Crippen molar-refractivity contribution in [1.82, 2.24) is 9.88 Å². The van der Waals surface area contributed by atoms with Crippen LogP contribution in [0.15, 0.2) is 18.2 Å². The Morgan fingerprint density at radius 3 is 2.48 bits per heavy atom. The van der Waals surface area contributed by atoms with Crippen LogP contribution in [0.25, 0.3) is 0 Å². The summed E-state index contributed by atoms with van der Waals surface area (Å²) in [5.74, 6) is 0.716. The molecule has 1 aromatic rings. The third kappa shape index (κ3) is 4.20. The first-order valence-electron chi connectivity index (χ1n) is 9.47. The van der Waals surface area contributed by atoms with Crippen molar-refractivity contribution in [2.45, 2.75) is 44.8 Å². The highest BCUT2D eigenvalue weighted by Crippen LogP contribution is 2.38. The molecule has 3 rings (SSSR count). The number of nitrogens with zero attached hydrogens (tertiary/aromatic N) is 3. The molecular weight excluding hydrogens is 357 g/mol. The Hall–Kier alpha value is -1.83. The van der Waals surface area contributed by atoms with Gasteiger partial charge < -0.3 is 15.5 Å². The summed E-state index contributed by atoms with van der Waals surface area (Å²) >= 11 is 0. The fraction of sp³-hybridized carbons (Fsp3) is 0.684. The van der Waals surface area contributed by atoms with Crippen molar-refractivity contribution >= 4 is 11.7 Å². The summed E-state index contributed by atoms with van der Waals surface area (Å²) < 4.78 is 38.6. The molecule has 1 aliphatic carbocycles. The lowest BCUT2D eigenvalue weighted by atomic mass is 9.85. The van der Waals surface area contributed by atoms with Crippen molar-refractivity contribution in [1.29, 1.82) is 0 Å². The van der Waals surface area contributed by atoms with E-state index >= 15 is 0 Å². The number of anilines is 1. The number of hydrogen-bond donors (Lipinski definition) is 1. The summed E-state index contributed by atoms with van der Waals surface area (Å²) in [6.45, 7) is 6.12. The van der Waals surface area contributed by atoms with Gasteiger partial charge in [-0.25, -0.2) is 4.98 Å². The van der Waals surface area contributed by atoms with E-state index < -0.39 is 11.9 Å². The summed E-state index contributed by atoms with van der Waals surface area (Å²) in [5.41, 5.74) is 5.26. The predicted octanol–water partition coefficient (Wildman–Crippen LogP) is 2.90. The van der Waals surface area contributed by atoms with Gasteiger partial charge in [-0.2, -0.15) is 13.2 Å². The number of carbonyl (C=O) groups excluding carboxylic acids is 1. The van der Waals surface area contributed by atoms with Gasteiger partial charge in [0.05, 0.1) is 0 Å². The molecule has 2 N–H and O–H groups in total. The van der Waals surface area contributed by atoms with Gasteiger partial charge in [-0.3, -0.25) is 4.79 Å². The molecule has 8 heteroatoms. The summed E-state index contributed by atoms with van der Waals surface area (Å²) in [4.78, 5) is 20.2. The van der Waals surface area contributed by atoms with Crippen molar-refractivity contribution in [3.05, 3.63) is 23.9 Å². The molecule has 150 valence electrons. The van der Waals surface area contributed by atoms with Crippen LogP contribution in [0.2, 0.25) is 0 Å². The van der Waals surface area contributed by atoms with Crippen molar-refractivity contribution in [3.63, 3.8) is 0 Å². The molecule has 1 saturated carbocycles. The second-order valence-electron chi connectivity index (χ2n) is 8.02. The SMILES string of the molecule is CC(C)[C@@]1(N)CC[C@H](C(=O)N2CCN(c3cccc(C(F)(F)F)n3)CC2)C1. The first-order valence-corrected chi connectivity index (χ1v) is 9.47. The van der Waals surface area contributed by atoms with Crippen molar-refractivity contribution in [2.24, 2.45) is 17.6 Å². The number of aromatic nitrogens is 1. The maximum Gasteiger partial charge on any atom is 0.433 e. The average molecular weight is 384 g/mol. The molecule has 1 amide bonds. The lowest BCUT2D eigenvalue weighted by Gasteiger charge is -2.37. The fourth-order valence-electron chi connectivity index (χ4n) is 4.01. The van der Waals surface area contributed by atoms with Crippen molar-refractivity contribution in [2.75, 3.05) is 31.1 Å². The Bertz CT molecular complexity index is 686. The summed E-state index contributed by atoms with van der Waals surface area (Å²) in [6, 6.07) is 3.92. The largest absolute Gasteiger partial charge is 0.433 e. The number of pyridine rings is 1. The molecule has 2 aliphatic rings. The van der Waals surface area contributed by atoms with E-state index in [2.05, 4.69) is 18.8 Å². The number of alkyl halides is 3. The zero-order valence-electron chi connectivity index (χ0n) is 15.8. The lowest BCUT2D eigenvalue weighted by molar-refractivity contribution is -0.141. The minimum Gasteiger partial charge on any atom is -0.353 e. The van der Waals surface area contributed by atoms with E-state index in [1.807, 2.05) is 4.90 Å². The highest BCUT2D eigenvalue weighted by molar-refractivity contribution is 5.79. The van der Waals surface area contributed by atoms with Gasteiger partial charge in [0.25, 0.3) is 0 Å². The topological polar surface area (TPSA) is 62.5 Å². The number of amides is 1. The second kappa shape index (κ2) is 7.30. The van der Waals surface area contributed by atoms with E-state index in [1.165, 1.54) is 6.07 Å². The van der Waals surface area contributed by atoms with Gasteiger partial charge in [-0.1, -0.05) is 19.9 Å². The summed E-state index contributed by atoms with van der Waals surface area (Å²) in [6.07, 6.45) is -2.08. The molecule has 27 heavy (non-hydrogen) atoms. The standard InChI is InChI=1S/C19H27F3N4O/c1-13(2)18(23)7-6-14(12-18)17(27)26-10-8-25(9-11-26)16-5-3-4-15(24-16)19(20,21)22/h3-5,13-14H,6-12,23H2,1-2H3/t14-,18+/m0/s1. The van der Waals surface area contributed by atoms with E-state index in [1.54, 1.807) is 11.0 Å². The Morgan fingerprint density at radius 2 is 1.93 bits per heavy atom. The minimum absolute atomic E-state index is 0.0457. The van der Waals surface area contributed by atoms with Crippen LogP contribution < -0.4 is 10.6 Å². The average Bonchev–Trinajstić information content (AvgIpc) is 3.04. The molecule has 0 bridgehead atoms. The molecular formula is C19H27F3N4O. The summed E-state index contributed by atoms with van der Waals surface area (Å²) in [5, 5.41) is 0. The lowest BCUT2D eigenvalue weighted by Crippen LogP contribution is -2.51. The summed E-state index contributed by atoms with van der Waals surface area (Å²) in [7, 11) is 0. The minimum atomic E-state index is -4.46. The van der Waals surface area contributed by atoms with Crippen LogP contribution in [0.3, 0.4) is 0 Å². The van der Waals surface area contributed by atoms with Crippen LogP contribution in [-0.4, -0.2) is 47.5 Å². The maximum atomic E-state index is 12.9. The van der Waals surface area contributed by atoms with Crippen LogP contribution >= 0.6 is 0 Å². The highest BCUT2D eigenvalue weighted by atomic mass is 19.4. The molecule has 0 aromatic carbocycles. The first-order chi connectivity index (χ1) is 12.6. The van der Waals surface area contributed by atoms with E-state index in [-0.39, 0.29) is 17.4 Å². The molecule has 1 aromatic heterocycles. The van der Waals surface area contributed by atoms with Gasteiger partial charge in [-0.15, -0.1) is 0 Å². The van der Waals surface area contributed by atoms with E-state index in [4.69, 9.17) is 5.73 Å². The van der Waals surface area contributed by atoms with E-state index in [0.29, 0.717) is 44.3 Å². The third-order valence-electron chi connectivity index (χ3n) is 6.02. The number of nitrogens with two attached hydrogens (primary N) is 1. The molecule has 5 nitrogen and oxygen atoms in total. The molecule has 1 saturated heterocycles. The number of piperazine rings is 1. The first kappa shape index (κ1) is 19.9. The normalized spacial score (nSPS) is 26.7. The quantitative estimate of drug-likeness (QED) is 0.871. The third-order valence-corrected chi connectivity index (χ3v) is 6.02. The second-order valence-corrected chi connectivity index (χ2v) is 8.02.